The molecule has 20 heavy (non-hydrogen) atoms. The van der Waals surface area contributed by atoms with Crippen molar-refractivity contribution in [2.45, 2.75) is 6.92 Å². The molecule has 4 heteroatoms. The van der Waals surface area contributed by atoms with Crippen LogP contribution in [-0.2, 0) is 0 Å². The van der Waals surface area contributed by atoms with Crippen LogP contribution in [0.4, 0.5) is 0 Å². The van der Waals surface area contributed by atoms with Gasteiger partial charge in [0.2, 0.25) is 0 Å². The van der Waals surface area contributed by atoms with Crippen molar-refractivity contribution >= 4 is 17.9 Å². The topological polar surface area (TPSA) is 35.5 Å². The highest BCUT2D eigenvalue weighted by Gasteiger charge is 2.03. The zero-order valence-corrected chi connectivity index (χ0v) is 11.9. The van der Waals surface area contributed by atoms with Gasteiger partial charge in [0.05, 0.1) is 5.02 Å². The summed E-state index contributed by atoms with van der Waals surface area (Å²) in [5.41, 5.74) is 1.61. The molecule has 0 saturated heterocycles. The van der Waals surface area contributed by atoms with Gasteiger partial charge in [-0.25, -0.2) is 0 Å². The van der Waals surface area contributed by atoms with Gasteiger partial charge in [-0.2, -0.15) is 0 Å². The van der Waals surface area contributed by atoms with Crippen molar-refractivity contribution in [3.63, 3.8) is 0 Å². The molecule has 0 atom stereocenters. The molecule has 0 unspecified atom stereocenters. The molecule has 0 aromatic heterocycles. The third-order valence-corrected chi connectivity index (χ3v) is 3.08. The van der Waals surface area contributed by atoms with E-state index in [2.05, 4.69) is 0 Å². The molecule has 0 N–H and O–H groups in total. The molecule has 2 aromatic rings. The van der Waals surface area contributed by atoms with Gasteiger partial charge in [-0.1, -0.05) is 29.8 Å². The summed E-state index contributed by atoms with van der Waals surface area (Å²) in [6, 6.07) is 12.7. The third-order valence-electron chi connectivity index (χ3n) is 2.78. The summed E-state index contributed by atoms with van der Waals surface area (Å²) in [6.45, 7) is 2.80. The predicted octanol–water partition coefficient (Wildman–Crippen LogP) is 3.92. The zero-order chi connectivity index (χ0) is 14.4. The van der Waals surface area contributed by atoms with Gasteiger partial charge < -0.3 is 9.47 Å². The Labute approximate surface area is 123 Å². The molecule has 0 saturated carbocycles. The Morgan fingerprint density at radius 3 is 2.40 bits per heavy atom. The Morgan fingerprint density at radius 2 is 1.75 bits per heavy atom. The zero-order valence-electron chi connectivity index (χ0n) is 11.1. The van der Waals surface area contributed by atoms with Crippen LogP contribution >= 0.6 is 11.6 Å². The van der Waals surface area contributed by atoms with Gasteiger partial charge in [0.25, 0.3) is 0 Å². The van der Waals surface area contributed by atoms with Crippen molar-refractivity contribution in [1.82, 2.24) is 0 Å². The predicted molar refractivity (Wildman–Crippen MR) is 79.0 cm³/mol. The van der Waals surface area contributed by atoms with E-state index >= 15 is 0 Å². The molecule has 0 aliphatic rings. The fourth-order valence-corrected chi connectivity index (χ4v) is 1.97. The highest BCUT2D eigenvalue weighted by molar-refractivity contribution is 6.32. The Morgan fingerprint density at radius 1 is 1.05 bits per heavy atom. The van der Waals surface area contributed by atoms with Gasteiger partial charge in [0.1, 0.15) is 31.0 Å². The van der Waals surface area contributed by atoms with Crippen molar-refractivity contribution in [2.24, 2.45) is 0 Å². The quantitative estimate of drug-likeness (QED) is 0.597. The van der Waals surface area contributed by atoms with Gasteiger partial charge in [-0.3, -0.25) is 4.79 Å². The fraction of sp³-hybridized carbons (Fsp3) is 0.188. The van der Waals surface area contributed by atoms with E-state index in [1.807, 2.05) is 31.2 Å². The number of hydrogen-bond acceptors (Lipinski definition) is 3. The first-order chi connectivity index (χ1) is 9.70. The van der Waals surface area contributed by atoms with E-state index in [0.29, 0.717) is 29.5 Å². The van der Waals surface area contributed by atoms with Crippen LogP contribution in [0.1, 0.15) is 15.9 Å². The Bertz CT molecular complexity index is 596. The second-order valence-corrected chi connectivity index (χ2v) is 4.68. The molecule has 0 fully saturated rings. The monoisotopic (exact) mass is 290 g/mol. The summed E-state index contributed by atoms with van der Waals surface area (Å²) in [5.74, 6) is 1.39. The molecule has 104 valence electrons. The first-order valence-corrected chi connectivity index (χ1v) is 6.64. The van der Waals surface area contributed by atoms with Crippen LogP contribution in [0.15, 0.2) is 42.5 Å². The smallest absolute Gasteiger partial charge is 0.150 e. The molecule has 0 radical (unpaired) electrons. The number of benzene rings is 2. The summed E-state index contributed by atoms with van der Waals surface area (Å²) in [7, 11) is 0. The third kappa shape index (κ3) is 3.75. The molecule has 2 rings (SSSR count). The standard InChI is InChI=1S/C16H15ClO3/c1-12-4-2-3-5-15(12)19-8-9-20-16-7-6-13(11-18)10-14(16)17/h2-7,10-11H,8-9H2,1H3. The molecule has 0 bridgehead atoms. The normalized spacial score (nSPS) is 10.1. The van der Waals surface area contributed by atoms with Crippen LogP contribution < -0.4 is 9.47 Å². The minimum Gasteiger partial charge on any atom is -0.490 e. The van der Waals surface area contributed by atoms with E-state index in [9.17, 15) is 4.79 Å². The maximum absolute atomic E-state index is 10.6. The van der Waals surface area contributed by atoms with E-state index in [0.717, 1.165) is 17.6 Å². The summed E-state index contributed by atoms with van der Waals surface area (Å²) in [4.78, 5) is 10.6. The van der Waals surface area contributed by atoms with Crippen LogP contribution in [0.2, 0.25) is 5.02 Å². The van der Waals surface area contributed by atoms with E-state index in [1.165, 1.54) is 0 Å². The molecule has 0 spiro atoms. The lowest BCUT2D eigenvalue weighted by atomic mass is 10.2. The molecule has 2 aromatic carbocycles. The van der Waals surface area contributed by atoms with Crippen LogP contribution in [0.25, 0.3) is 0 Å². The van der Waals surface area contributed by atoms with Crippen molar-refractivity contribution in [2.75, 3.05) is 13.2 Å². The molecule has 0 amide bonds. The van der Waals surface area contributed by atoms with E-state index in [-0.39, 0.29) is 0 Å². The Kier molecular flexibility index (Phi) is 5.02. The molecular weight excluding hydrogens is 276 g/mol. The van der Waals surface area contributed by atoms with Gasteiger partial charge in [-0.15, -0.1) is 0 Å². The van der Waals surface area contributed by atoms with Gasteiger partial charge >= 0.3 is 0 Å². The van der Waals surface area contributed by atoms with Crippen LogP contribution in [0, 0.1) is 6.92 Å². The first-order valence-electron chi connectivity index (χ1n) is 6.26. The maximum atomic E-state index is 10.6. The molecule has 0 aliphatic carbocycles. The maximum Gasteiger partial charge on any atom is 0.150 e. The number of carbonyl (C=O) groups is 1. The molecular formula is C16H15ClO3. The Hall–Kier alpha value is -2.00. The molecule has 0 aliphatic heterocycles. The van der Waals surface area contributed by atoms with Crippen LogP contribution in [0.3, 0.4) is 0 Å². The minimum absolute atomic E-state index is 0.383. The number of rotatable bonds is 6. The van der Waals surface area contributed by atoms with Crippen molar-refractivity contribution in [1.29, 1.82) is 0 Å². The highest BCUT2D eigenvalue weighted by Crippen LogP contribution is 2.25. The van der Waals surface area contributed by atoms with Crippen molar-refractivity contribution in [3.05, 3.63) is 58.6 Å². The fourth-order valence-electron chi connectivity index (χ4n) is 1.73. The number of aryl methyl sites for hydroxylation is 1. The van der Waals surface area contributed by atoms with E-state index < -0.39 is 0 Å². The lowest BCUT2D eigenvalue weighted by Crippen LogP contribution is -2.09. The van der Waals surface area contributed by atoms with Gasteiger partial charge in [0, 0.05) is 5.56 Å². The average molecular weight is 291 g/mol. The van der Waals surface area contributed by atoms with Crippen LogP contribution in [0.5, 0.6) is 11.5 Å². The van der Waals surface area contributed by atoms with E-state index in [4.69, 9.17) is 21.1 Å². The number of para-hydroxylation sites is 1. The minimum atomic E-state index is 0.383. The number of carbonyl (C=O) groups excluding carboxylic acids is 1. The number of aldehydes is 1. The number of ether oxygens (including phenoxy) is 2. The Balaban J connectivity index is 1.84. The second kappa shape index (κ2) is 6.96. The summed E-state index contributed by atoms with van der Waals surface area (Å²) < 4.78 is 11.1. The lowest BCUT2D eigenvalue weighted by Gasteiger charge is -2.11. The highest BCUT2D eigenvalue weighted by atomic mass is 35.5. The largest absolute Gasteiger partial charge is 0.490 e. The summed E-state index contributed by atoms with van der Waals surface area (Å²) in [5, 5.41) is 0.422. The second-order valence-electron chi connectivity index (χ2n) is 4.27. The van der Waals surface area contributed by atoms with Gasteiger partial charge in [-0.05, 0) is 36.8 Å². The average Bonchev–Trinajstić information content (AvgIpc) is 2.46. The van der Waals surface area contributed by atoms with Crippen LogP contribution in [-0.4, -0.2) is 19.5 Å². The first kappa shape index (κ1) is 14.4. The SMILES string of the molecule is Cc1ccccc1OCCOc1ccc(C=O)cc1Cl. The summed E-state index contributed by atoms with van der Waals surface area (Å²) >= 11 is 6.00. The number of halogens is 1. The molecule has 3 nitrogen and oxygen atoms in total. The van der Waals surface area contributed by atoms with Gasteiger partial charge in [0.15, 0.2) is 0 Å². The summed E-state index contributed by atoms with van der Waals surface area (Å²) in [6.07, 6.45) is 0.747. The van der Waals surface area contributed by atoms with Crippen molar-refractivity contribution < 1.29 is 14.3 Å². The number of hydrogen-bond donors (Lipinski definition) is 0. The molecule has 0 heterocycles. The van der Waals surface area contributed by atoms with Crippen molar-refractivity contribution in [3.8, 4) is 11.5 Å². The lowest BCUT2D eigenvalue weighted by molar-refractivity contribution is 0.112. The van der Waals surface area contributed by atoms with E-state index in [1.54, 1.807) is 18.2 Å².